The summed E-state index contributed by atoms with van der Waals surface area (Å²) in [6.45, 7) is 4.76. The summed E-state index contributed by atoms with van der Waals surface area (Å²) in [5, 5.41) is 3.01. The second kappa shape index (κ2) is 8.57. The molecule has 0 unspecified atom stereocenters. The molecule has 0 saturated heterocycles. The molecule has 0 saturated carbocycles. The van der Waals surface area contributed by atoms with Crippen LogP contribution < -0.4 is 10.1 Å². The van der Waals surface area contributed by atoms with Gasteiger partial charge in [0.05, 0.1) is 7.11 Å². The van der Waals surface area contributed by atoms with Crippen LogP contribution in [0.4, 0.5) is 0 Å². The minimum atomic E-state index is 0.134. The van der Waals surface area contributed by atoms with Crippen molar-refractivity contribution in [3.05, 3.63) is 29.8 Å². The maximum absolute atomic E-state index is 12.1. The Bertz CT molecular complexity index is 390. The first kappa shape index (κ1) is 15.5. The molecule has 3 heteroatoms. The molecular formula is C16H25NO2. The second-order valence-electron chi connectivity index (χ2n) is 4.78. The molecule has 19 heavy (non-hydrogen) atoms. The van der Waals surface area contributed by atoms with Crippen LogP contribution >= 0.6 is 0 Å². The molecule has 106 valence electrons. The highest BCUT2D eigenvalue weighted by atomic mass is 16.5. The van der Waals surface area contributed by atoms with Gasteiger partial charge in [-0.05, 0) is 18.9 Å². The van der Waals surface area contributed by atoms with E-state index in [0.29, 0.717) is 6.54 Å². The predicted molar refractivity (Wildman–Crippen MR) is 78.1 cm³/mol. The zero-order chi connectivity index (χ0) is 14.1. The molecule has 1 N–H and O–H groups in total. The maximum atomic E-state index is 12.1. The zero-order valence-electron chi connectivity index (χ0n) is 12.2. The largest absolute Gasteiger partial charge is 0.496 e. The molecule has 0 aromatic heterocycles. The number of hydrogen-bond acceptors (Lipinski definition) is 2. The second-order valence-corrected chi connectivity index (χ2v) is 4.78. The number of amides is 1. The Balaban J connectivity index is 2.52. The Hall–Kier alpha value is -1.51. The van der Waals surface area contributed by atoms with Crippen molar-refractivity contribution in [1.82, 2.24) is 5.32 Å². The summed E-state index contributed by atoms with van der Waals surface area (Å²) < 4.78 is 5.28. The number of rotatable bonds is 8. The summed E-state index contributed by atoms with van der Waals surface area (Å²) in [7, 11) is 1.65. The third-order valence-corrected chi connectivity index (χ3v) is 3.42. The molecule has 0 aliphatic heterocycles. The van der Waals surface area contributed by atoms with Crippen molar-refractivity contribution in [3.63, 3.8) is 0 Å². The van der Waals surface area contributed by atoms with Crippen LogP contribution in [0.5, 0.6) is 5.75 Å². The summed E-state index contributed by atoms with van der Waals surface area (Å²) in [5.74, 6) is 1.11. The normalized spacial score (nSPS) is 11.9. The van der Waals surface area contributed by atoms with Gasteiger partial charge in [-0.3, -0.25) is 4.79 Å². The average Bonchev–Trinajstić information content (AvgIpc) is 2.46. The standard InChI is InChI=1S/C16H25NO2/c1-4-6-9-13(5-2)16(18)17-12-14-10-7-8-11-15(14)19-3/h7-8,10-11,13H,4-6,9,12H2,1-3H3,(H,17,18)/t13-/m0/s1. The molecule has 0 heterocycles. The first-order valence-electron chi connectivity index (χ1n) is 7.12. The molecule has 1 amide bonds. The van der Waals surface area contributed by atoms with E-state index in [1.165, 1.54) is 0 Å². The first-order chi connectivity index (χ1) is 9.22. The fourth-order valence-corrected chi connectivity index (χ4v) is 2.15. The highest BCUT2D eigenvalue weighted by molar-refractivity contribution is 5.78. The monoisotopic (exact) mass is 263 g/mol. The van der Waals surface area contributed by atoms with Gasteiger partial charge in [0.15, 0.2) is 0 Å². The lowest BCUT2D eigenvalue weighted by Gasteiger charge is -2.15. The Morgan fingerprint density at radius 3 is 2.68 bits per heavy atom. The lowest BCUT2D eigenvalue weighted by atomic mass is 9.98. The number of benzene rings is 1. The molecule has 3 nitrogen and oxygen atoms in total. The number of methoxy groups -OCH3 is 1. The van der Waals surface area contributed by atoms with E-state index >= 15 is 0 Å². The third kappa shape index (κ3) is 4.93. The molecule has 0 radical (unpaired) electrons. The molecule has 1 aromatic carbocycles. The van der Waals surface area contributed by atoms with Gasteiger partial charge >= 0.3 is 0 Å². The topological polar surface area (TPSA) is 38.3 Å². The number of ether oxygens (including phenoxy) is 1. The van der Waals surface area contributed by atoms with Gasteiger partial charge in [0, 0.05) is 18.0 Å². The lowest BCUT2D eigenvalue weighted by Crippen LogP contribution is -2.30. The summed E-state index contributed by atoms with van der Waals surface area (Å²) in [6.07, 6.45) is 4.12. The van der Waals surface area contributed by atoms with Gasteiger partial charge in [-0.15, -0.1) is 0 Å². The van der Waals surface area contributed by atoms with E-state index in [0.717, 1.165) is 37.0 Å². The highest BCUT2D eigenvalue weighted by Crippen LogP contribution is 2.18. The van der Waals surface area contributed by atoms with Crippen LogP contribution in [-0.4, -0.2) is 13.0 Å². The van der Waals surface area contributed by atoms with Crippen LogP contribution in [0.2, 0.25) is 0 Å². The Morgan fingerprint density at radius 1 is 1.32 bits per heavy atom. The molecule has 0 spiro atoms. The fraction of sp³-hybridized carbons (Fsp3) is 0.562. The number of carbonyl (C=O) groups excluding carboxylic acids is 1. The molecule has 1 aromatic rings. The van der Waals surface area contributed by atoms with Crippen LogP contribution in [0, 0.1) is 5.92 Å². The smallest absolute Gasteiger partial charge is 0.223 e. The highest BCUT2D eigenvalue weighted by Gasteiger charge is 2.15. The predicted octanol–water partition coefficient (Wildman–Crippen LogP) is 3.53. The summed E-state index contributed by atoms with van der Waals surface area (Å²) in [4.78, 5) is 12.1. The SMILES string of the molecule is CCCC[C@H](CC)C(=O)NCc1ccccc1OC. The minimum Gasteiger partial charge on any atom is -0.496 e. The molecule has 1 atom stereocenters. The average molecular weight is 263 g/mol. The van der Waals surface area contributed by atoms with Gasteiger partial charge < -0.3 is 10.1 Å². The Labute approximate surface area is 116 Å². The summed E-state index contributed by atoms with van der Waals surface area (Å²) in [5.41, 5.74) is 1.02. The van der Waals surface area contributed by atoms with Gasteiger partial charge in [0.2, 0.25) is 5.91 Å². The molecule has 0 fully saturated rings. The summed E-state index contributed by atoms with van der Waals surface area (Å²) >= 11 is 0. The van der Waals surface area contributed by atoms with Crippen molar-refractivity contribution in [2.75, 3.05) is 7.11 Å². The van der Waals surface area contributed by atoms with Crippen LogP contribution in [-0.2, 0) is 11.3 Å². The van der Waals surface area contributed by atoms with Crippen molar-refractivity contribution >= 4 is 5.91 Å². The first-order valence-corrected chi connectivity index (χ1v) is 7.12. The zero-order valence-corrected chi connectivity index (χ0v) is 12.2. The number of carbonyl (C=O) groups is 1. The van der Waals surface area contributed by atoms with Gasteiger partial charge in [-0.25, -0.2) is 0 Å². The third-order valence-electron chi connectivity index (χ3n) is 3.42. The number of hydrogen-bond donors (Lipinski definition) is 1. The van der Waals surface area contributed by atoms with Gasteiger partial charge in [-0.1, -0.05) is 44.9 Å². The molecular weight excluding hydrogens is 238 g/mol. The van der Waals surface area contributed by atoms with E-state index in [-0.39, 0.29) is 11.8 Å². The molecule has 0 aliphatic carbocycles. The van der Waals surface area contributed by atoms with E-state index in [9.17, 15) is 4.79 Å². The van der Waals surface area contributed by atoms with Crippen molar-refractivity contribution < 1.29 is 9.53 Å². The Morgan fingerprint density at radius 2 is 2.05 bits per heavy atom. The van der Waals surface area contributed by atoms with E-state index < -0.39 is 0 Å². The quantitative estimate of drug-likeness (QED) is 0.779. The van der Waals surface area contributed by atoms with Gasteiger partial charge in [-0.2, -0.15) is 0 Å². The van der Waals surface area contributed by atoms with Gasteiger partial charge in [0.25, 0.3) is 0 Å². The van der Waals surface area contributed by atoms with Crippen LogP contribution in [0.3, 0.4) is 0 Å². The minimum absolute atomic E-state index is 0.134. The number of nitrogens with one attached hydrogen (secondary N) is 1. The van der Waals surface area contributed by atoms with Crippen LogP contribution in [0.25, 0.3) is 0 Å². The lowest BCUT2D eigenvalue weighted by molar-refractivity contribution is -0.125. The van der Waals surface area contributed by atoms with Crippen LogP contribution in [0.1, 0.15) is 45.1 Å². The maximum Gasteiger partial charge on any atom is 0.223 e. The van der Waals surface area contributed by atoms with Gasteiger partial charge in [0.1, 0.15) is 5.75 Å². The van der Waals surface area contributed by atoms with Crippen LogP contribution in [0.15, 0.2) is 24.3 Å². The van der Waals surface area contributed by atoms with E-state index in [1.54, 1.807) is 7.11 Å². The number of unbranched alkanes of at least 4 members (excludes halogenated alkanes) is 1. The van der Waals surface area contributed by atoms with E-state index in [1.807, 2.05) is 24.3 Å². The molecule has 0 aliphatic rings. The summed E-state index contributed by atoms with van der Waals surface area (Å²) in [6, 6.07) is 7.78. The molecule has 0 bridgehead atoms. The van der Waals surface area contributed by atoms with E-state index in [2.05, 4.69) is 19.2 Å². The van der Waals surface area contributed by atoms with Crippen molar-refractivity contribution in [2.45, 2.75) is 46.1 Å². The fourth-order valence-electron chi connectivity index (χ4n) is 2.15. The van der Waals surface area contributed by atoms with Crippen molar-refractivity contribution in [2.24, 2.45) is 5.92 Å². The Kier molecular flexibility index (Phi) is 7.01. The van der Waals surface area contributed by atoms with E-state index in [4.69, 9.17) is 4.74 Å². The van der Waals surface area contributed by atoms with Crippen molar-refractivity contribution in [3.8, 4) is 5.75 Å². The molecule has 1 rings (SSSR count). The van der Waals surface area contributed by atoms with Crippen molar-refractivity contribution in [1.29, 1.82) is 0 Å². The number of para-hydroxylation sites is 1.